The van der Waals surface area contributed by atoms with Gasteiger partial charge in [-0.15, -0.1) is 0 Å². The number of fused-ring (bicyclic) bond motifs is 1. The number of aryl methyl sites for hydroxylation is 1. The number of hydrogen-bond donors (Lipinski definition) is 1. The van der Waals surface area contributed by atoms with Gasteiger partial charge in [-0.2, -0.15) is 0 Å². The minimum Gasteiger partial charge on any atom is -0.465 e. The van der Waals surface area contributed by atoms with Gasteiger partial charge in [0.25, 0.3) is 0 Å². The van der Waals surface area contributed by atoms with Crippen LogP contribution in [0.1, 0.15) is 56.2 Å². The quantitative estimate of drug-likeness (QED) is 0.744. The summed E-state index contributed by atoms with van der Waals surface area (Å²) in [4.78, 5) is 0. The zero-order valence-electron chi connectivity index (χ0n) is 9.21. The van der Waals surface area contributed by atoms with E-state index in [-0.39, 0.29) is 6.04 Å². The van der Waals surface area contributed by atoms with Crippen molar-refractivity contribution in [1.82, 2.24) is 0 Å². The zero-order valence-corrected chi connectivity index (χ0v) is 9.21. The zero-order chi connectivity index (χ0) is 10.3. The van der Waals surface area contributed by atoms with Crippen molar-refractivity contribution < 1.29 is 4.42 Å². The number of rotatable bonds is 1. The summed E-state index contributed by atoms with van der Waals surface area (Å²) in [6.45, 7) is 6.52. The molecule has 0 radical (unpaired) electrons. The lowest BCUT2D eigenvalue weighted by Gasteiger charge is -2.24. The Hall–Kier alpha value is -0.760. The topological polar surface area (TPSA) is 39.2 Å². The maximum Gasteiger partial charge on any atom is 0.108 e. The van der Waals surface area contributed by atoms with Gasteiger partial charge in [-0.05, 0) is 18.4 Å². The minimum atomic E-state index is 0.176. The van der Waals surface area contributed by atoms with Crippen molar-refractivity contribution in [2.24, 2.45) is 11.7 Å². The predicted molar refractivity (Wildman–Crippen MR) is 57.2 cm³/mol. The first-order valence-electron chi connectivity index (χ1n) is 5.47. The molecule has 0 aliphatic heterocycles. The average molecular weight is 193 g/mol. The van der Waals surface area contributed by atoms with Crippen LogP contribution in [0, 0.1) is 5.92 Å². The van der Waals surface area contributed by atoms with Crippen molar-refractivity contribution >= 4 is 0 Å². The fourth-order valence-corrected chi connectivity index (χ4v) is 2.07. The van der Waals surface area contributed by atoms with Gasteiger partial charge in [0.2, 0.25) is 0 Å². The fourth-order valence-electron chi connectivity index (χ4n) is 2.07. The summed E-state index contributed by atoms with van der Waals surface area (Å²) < 4.78 is 5.81. The highest BCUT2D eigenvalue weighted by atomic mass is 16.3. The lowest BCUT2D eigenvalue weighted by atomic mass is 9.85. The van der Waals surface area contributed by atoms with Gasteiger partial charge in [-0.25, -0.2) is 0 Å². The Bertz CT molecular complexity index is 327. The molecule has 1 aromatic rings. The summed E-state index contributed by atoms with van der Waals surface area (Å²) in [5.74, 6) is 3.25. The van der Waals surface area contributed by atoms with Crippen molar-refractivity contribution in [3.8, 4) is 0 Å². The normalized spacial score (nSPS) is 26.6. The first kappa shape index (κ1) is 9.78. The van der Waals surface area contributed by atoms with Crippen molar-refractivity contribution in [2.45, 2.75) is 45.6 Å². The lowest BCUT2D eigenvalue weighted by Crippen LogP contribution is -2.24. The molecule has 2 unspecified atom stereocenters. The third kappa shape index (κ3) is 1.48. The molecule has 0 saturated heterocycles. The summed E-state index contributed by atoms with van der Waals surface area (Å²) in [6, 6.07) is 2.33. The van der Waals surface area contributed by atoms with E-state index >= 15 is 0 Å². The molecular formula is C12H19NO. The smallest absolute Gasteiger partial charge is 0.108 e. The lowest BCUT2D eigenvalue weighted by molar-refractivity contribution is 0.360. The van der Waals surface area contributed by atoms with E-state index in [1.807, 2.05) is 0 Å². The Morgan fingerprint density at radius 1 is 1.50 bits per heavy atom. The summed E-state index contributed by atoms with van der Waals surface area (Å²) in [5, 5.41) is 0. The molecule has 78 valence electrons. The molecule has 1 aromatic heterocycles. The van der Waals surface area contributed by atoms with E-state index in [9.17, 15) is 0 Å². The van der Waals surface area contributed by atoms with Crippen LogP contribution < -0.4 is 5.73 Å². The molecule has 2 heteroatoms. The van der Waals surface area contributed by atoms with Crippen LogP contribution in [0.5, 0.6) is 0 Å². The summed E-state index contributed by atoms with van der Waals surface area (Å²) in [6.07, 6.45) is 2.20. The van der Waals surface area contributed by atoms with Crippen LogP contribution in [0.4, 0.5) is 0 Å². The van der Waals surface area contributed by atoms with Gasteiger partial charge in [0.05, 0.1) is 0 Å². The second-order valence-corrected chi connectivity index (χ2v) is 4.72. The molecule has 2 nitrogen and oxygen atoms in total. The van der Waals surface area contributed by atoms with Crippen LogP contribution in [0.2, 0.25) is 0 Å². The molecule has 2 atom stereocenters. The molecule has 2 rings (SSSR count). The van der Waals surface area contributed by atoms with Gasteiger partial charge in [0.1, 0.15) is 11.5 Å². The molecule has 0 saturated carbocycles. The van der Waals surface area contributed by atoms with Crippen LogP contribution in [0.3, 0.4) is 0 Å². The first-order valence-corrected chi connectivity index (χ1v) is 5.47. The average Bonchev–Trinajstić information content (AvgIpc) is 2.56. The van der Waals surface area contributed by atoms with E-state index in [2.05, 4.69) is 26.8 Å². The molecule has 0 spiro atoms. The molecule has 1 heterocycles. The highest BCUT2D eigenvalue weighted by Crippen LogP contribution is 2.36. The monoisotopic (exact) mass is 193 g/mol. The van der Waals surface area contributed by atoms with Gasteiger partial charge < -0.3 is 10.2 Å². The predicted octanol–water partition coefficient (Wildman–Crippen LogP) is 2.99. The Kier molecular flexibility index (Phi) is 2.40. The van der Waals surface area contributed by atoms with Crippen molar-refractivity contribution in [3.63, 3.8) is 0 Å². The highest BCUT2D eigenvalue weighted by Gasteiger charge is 2.27. The number of nitrogens with two attached hydrogens (primary N) is 1. The van der Waals surface area contributed by atoms with Crippen LogP contribution in [0.15, 0.2) is 10.5 Å². The Balaban J connectivity index is 2.36. The molecule has 1 aliphatic carbocycles. The van der Waals surface area contributed by atoms with Crippen molar-refractivity contribution in [1.29, 1.82) is 0 Å². The Labute approximate surface area is 85.5 Å². The SMILES string of the molecule is CC(C)c1cc2c(o1)CCC(C)C2N. The molecule has 1 aliphatic rings. The van der Waals surface area contributed by atoms with Crippen molar-refractivity contribution in [3.05, 3.63) is 23.2 Å². The first-order chi connectivity index (χ1) is 6.59. The van der Waals surface area contributed by atoms with E-state index in [0.717, 1.165) is 24.4 Å². The number of hydrogen-bond acceptors (Lipinski definition) is 2. The largest absolute Gasteiger partial charge is 0.465 e. The van der Waals surface area contributed by atoms with E-state index in [1.165, 1.54) is 5.56 Å². The van der Waals surface area contributed by atoms with E-state index in [4.69, 9.17) is 10.2 Å². The second-order valence-electron chi connectivity index (χ2n) is 4.72. The van der Waals surface area contributed by atoms with Gasteiger partial charge in [-0.3, -0.25) is 0 Å². The highest BCUT2D eigenvalue weighted by molar-refractivity contribution is 5.29. The van der Waals surface area contributed by atoms with E-state index in [0.29, 0.717) is 11.8 Å². The maximum absolute atomic E-state index is 6.14. The van der Waals surface area contributed by atoms with Crippen LogP contribution in [-0.2, 0) is 6.42 Å². The van der Waals surface area contributed by atoms with Crippen LogP contribution >= 0.6 is 0 Å². The summed E-state index contributed by atoms with van der Waals surface area (Å²) in [7, 11) is 0. The molecule has 0 bridgehead atoms. The van der Waals surface area contributed by atoms with E-state index < -0.39 is 0 Å². The Morgan fingerprint density at radius 2 is 2.21 bits per heavy atom. The van der Waals surface area contributed by atoms with Crippen LogP contribution in [-0.4, -0.2) is 0 Å². The molecule has 14 heavy (non-hydrogen) atoms. The third-order valence-corrected chi connectivity index (χ3v) is 3.23. The Morgan fingerprint density at radius 3 is 2.86 bits per heavy atom. The van der Waals surface area contributed by atoms with Crippen LogP contribution in [0.25, 0.3) is 0 Å². The summed E-state index contributed by atoms with van der Waals surface area (Å²) >= 11 is 0. The maximum atomic E-state index is 6.14. The van der Waals surface area contributed by atoms with Gasteiger partial charge in [0, 0.05) is 23.9 Å². The minimum absolute atomic E-state index is 0.176. The molecule has 2 N–H and O–H groups in total. The van der Waals surface area contributed by atoms with E-state index in [1.54, 1.807) is 0 Å². The third-order valence-electron chi connectivity index (χ3n) is 3.23. The van der Waals surface area contributed by atoms with Gasteiger partial charge in [-0.1, -0.05) is 20.8 Å². The van der Waals surface area contributed by atoms with Crippen molar-refractivity contribution in [2.75, 3.05) is 0 Å². The molecule has 0 fully saturated rings. The second kappa shape index (κ2) is 3.43. The molecule has 0 aromatic carbocycles. The van der Waals surface area contributed by atoms with Gasteiger partial charge in [0.15, 0.2) is 0 Å². The number of furan rings is 1. The van der Waals surface area contributed by atoms with Gasteiger partial charge >= 0.3 is 0 Å². The summed E-state index contributed by atoms with van der Waals surface area (Å²) in [5.41, 5.74) is 7.39. The molecule has 0 amide bonds. The standard InChI is InChI=1S/C12H19NO/c1-7(2)11-6-9-10(14-11)5-4-8(3)12(9)13/h6-8,12H,4-5,13H2,1-3H3. The molecular weight excluding hydrogens is 174 g/mol. The fraction of sp³-hybridized carbons (Fsp3) is 0.667.